The SMILES string of the molecule is C[C@H](OC(=O)Cc1cccc(F)c1)C(=O)N1c2ccccc2NC(=O)C1(C)C. The molecule has 0 aliphatic carbocycles. The van der Waals surface area contributed by atoms with E-state index >= 15 is 0 Å². The molecule has 3 rings (SSSR count). The number of carbonyl (C=O) groups is 3. The van der Waals surface area contributed by atoms with E-state index in [1.54, 1.807) is 44.2 Å². The summed E-state index contributed by atoms with van der Waals surface area (Å²) >= 11 is 0. The van der Waals surface area contributed by atoms with E-state index in [2.05, 4.69) is 5.32 Å². The fourth-order valence-corrected chi connectivity index (χ4v) is 3.13. The first kappa shape index (κ1) is 19.5. The summed E-state index contributed by atoms with van der Waals surface area (Å²) in [6, 6.07) is 12.5. The Morgan fingerprint density at radius 1 is 1.18 bits per heavy atom. The van der Waals surface area contributed by atoms with Gasteiger partial charge in [0, 0.05) is 0 Å². The van der Waals surface area contributed by atoms with E-state index in [-0.39, 0.29) is 12.3 Å². The van der Waals surface area contributed by atoms with Gasteiger partial charge in [0.05, 0.1) is 17.8 Å². The van der Waals surface area contributed by atoms with Crippen molar-refractivity contribution in [3.63, 3.8) is 0 Å². The molecule has 0 bridgehead atoms. The molecular formula is C21H21FN2O4. The van der Waals surface area contributed by atoms with E-state index in [1.807, 2.05) is 0 Å². The minimum Gasteiger partial charge on any atom is -0.452 e. The zero-order valence-electron chi connectivity index (χ0n) is 15.9. The Balaban J connectivity index is 1.78. The molecule has 1 aliphatic heterocycles. The molecule has 0 saturated carbocycles. The summed E-state index contributed by atoms with van der Waals surface area (Å²) < 4.78 is 18.5. The monoisotopic (exact) mass is 384 g/mol. The first-order chi connectivity index (χ1) is 13.2. The molecule has 1 aliphatic rings. The number of amides is 2. The van der Waals surface area contributed by atoms with E-state index in [0.29, 0.717) is 16.9 Å². The summed E-state index contributed by atoms with van der Waals surface area (Å²) in [5.41, 5.74) is 0.338. The predicted octanol–water partition coefficient (Wildman–Crippen LogP) is 3.06. The summed E-state index contributed by atoms with van der Waals surface area (Å²) in [4.78, 5) is 39.1. The Morgan fingerprint density at radius 2 is 1.89 bits per heavy atom. The van der Waals surface area contributed by atoms with E-state index in [4.69, 9.17) is 4.74 Å². The minimum atomic E-state index is -1.16. The Kier molecular flexibility index (Phi) is 5.18. The molecule has 0 fully saturated rings. The lowest BCUT2D eigenvalue weighted by Gasteiger charge is -2.42. The predicted molar refractivity (Wildman–Crippen MR) is 102 cm³/mol. The van der Waals surface area contributed by atoms with Crippen LogP contribution in [0.2, 0.25) is 0 Å². The van der Waals surface area contributed by atoms with Gasteiger partial charge >= 0.3 is 5.97 Å². The number of ether oxygens (including phenoxy) is 1. The number of hydrogen-bond donors (Lipinski definition) is 1. The summed E-state index contributed by atoms with van der Waals surface area (Å²) in [5, 5.41) is 2.78. The van der Waals surface area contributed by atoms with Crippen LogP contribution in [0.3, 0.4) is 0 Å². The fourth-order valence-electron chi connectivity index (χ4n) is 3.13. The number of esters is 1. The standard InChI is InChI=1S/C21H21FN2O4/c1-13(28-18(25)12-14-7-6-8-15(22)11-14)19(26)24-17-10-5-4-9-16(17)23-20(27)21(24,2)3/h4-11,13H,12H2,1-3H3,(H,23,27)/t13-/m0/s1. The summed E-state index contributed by atoms with van der Waals surface area (Å²) in [6.07, 6.45) is -1.27. The summed E-state index contributed by atoms with van der Waals surface area (Å²) in [5.74, 6) is -1.95. The number of nitrogens with one attached hydrogen (secondary N) is 1. The summed E-state index contributed by atoms with van der Waals surface area (Å²) in [7, 11) is 0. The first-order valence-electron chi connectivity index (χ1n) is 8.88. The maximum Gasteiger partial charge on any atom is 0.311 e. The number of fused-ring (bicyclic) bond motifs is 1. The number of nitrogens with zero attached hydrogens (tertiary/aromatic N) is 1. The molecule has 2 aromatic carbocycles. The average molecular weight is 384 g/mol. The zero-order chi connectivity index (χ0) is 20.5. The van der Waals surface area contributed by atoms with Gasteiger partial charge in [-0.05, 0) is 50.6 Å². The molecule has 0 spiro atoms. The first-order valence-corrected chi connectivity index (χ1v) is 8.88. The average Bonchev–Trinajstić information content (AvgIpc) is 2.62. The van der Waals surface area contributed by atoms with E-state index in [0.717, 1.165) is 0 Å². The van der Waals surface area contributed by atoms with Crippen LogP contribution in [0.25, 0.3) is 0 Å². The quantitative estimate of drug-likeness (QED) is 0.822. The van der Waals surface area contributed by atoms with Crippen molar-refractivity contribution in [3.05, 3.63) is 59.9 Å². The van der Waals surface area contributed by atoms with Crippen molar-refractivity contribution in [2.24, 2.45) is 0 Å². The lowest BCUT2D eigenvalue weighted by molar-refractivity contribution is -0.153. The van der Waals surface area contributed by atoms with Gasteiger partial charge in [-0.2, -0.15) is 0 Å². The van der Waals surface area contributed by atoms with Crippen LogP contribution in [0, 0.1) is 5.82 Å². The smallest absolute Gasteiger partial charge is 0.311 e. The molecule has 2 amide bonds. The normalized spacial score (nSPS) is 16.0. The highest BCUT2D eigenvalue weighted by molar-refractivity contribution is 6.15. The molecule has 28 heavy (non-hydrogen) atoms. The highest BCUT2D eigenvalue weighted by Crippen LogP contribution is 2.37. The topological polar surface area (TPSA) is 75.7 Å². The highest BCUT2D eigenvalue weighted by Gasteiger charge is 2.45. The molecule has 1 N–H and O–H groups in total. The Morgan fingerprint density at radius 3 is 2.61 bits per heavy atom. The zero-order valence-corrected chi connectivity index (χ0v) is 15.9. The van der Waals surface area contributed by atoms with Crippen LogP contribution in [-0.4, -0.2) is 29.4 Å². The highest BCUT2D eigenvalue weighted by atomic mass is 19.1. The third kappa shape index (κ3) is 3.74. The van der Waals surface area contributed by atoms with Gasteiger partial charge in [0.1, 0.15) is 11.4 Å². The number of carbonyl (C=O) groups excluding carboxylic acids is 3. The van der Waals surface area contributed by atoms with E-state index in [9.17, 15) is 18.8 Å². The van der Waals surface area contributed by atoms with Gasteiger partial charge in [-0.3, -0.25) is 19.3 Å². The number of rotatable bonds is 4. The second kappa shape index (κ2) is 7.42. The molecular weight excluding hydrogens is 363 g/mol. The summed E-state index contributed by atoms with van der Waals surface area (Å²) in [6.45, 7) is 4.70. The Labute approximate surface area is 162 Å². The van der Waals surface area contributed by atoms with Crippen LogP contribution in [0.4, 0.5) is 15.8 Å². The van der Waals surface area contributed by atoms with Crippen molar-refractivity contribution < 1.29 is 23.5 Å². The number of halogens is 1. The van der Waals surface area contributed by atoms with Gasteiger partial charge in [-0.15, -0.1) is 0 Å². The van der Waals surface area contributed by atoms with Crippen LogP contribution >= 0.6 is 0 Å². The van der Waals surface area contributed by atoms with Crippen LogP contribution in [-0.2, 0) is 25.5 Å². The van der Waals surface area contributed by atoms with Crippen LogP contribution in [0.15, 0.2) is 48.5 Å². The third-order valence-corrected chi connectivity index (χ3v) is 4.62. The van der Waals surface area contributed by atoms with Gasteiger partial charge < -0.3 is 10.1 Å². The van der Waals surface area contributed by atoms with E-state index in [1.165, 1.54) is 30.0 Å². The molecule has 0 saturated heterocycles. The van der Waals surface area contributed by atoms with Crippen molar-refractivity contribution in [1.82, 2.24) is 0 Å². The Hall–Kier alpha value is -3.22. The number of para-hydroxylation sites is 2. The molecule has 0 radical (unpaired) electrons. The minimum absolute atomic E-state index is 0.157. The lowest BCUT2D eigenvalue weighted by atomic mass is 9.95. The molecule has 7 heteroatoms. The van der Waals surface area contributed by atoms with Gasteiger partial charge in [-0.1, -0.05) is 24.3 Å². The number of anilines is 2. The Bertz CT molecular complexity index is 942. The van der Waals surface area contributed by atoms with Crippen LogP contribution < -0.4 is 10.2 Å². The van der Waals surface area contributed by atoms with Crippen molar-refractivity contribution in [2.75, 3.05) is 10.2 Å². The van der Waals surface area contributed by atoms with Crippen molar-refractivity contribution in [2.45, 2.75) is 38.8 Å². The van der Waals surface area contributed by atoms with Crippen molar-refractivity contribution >= 4 is 29.2 Å². The number of benzene rings is 2. The fraction of sp³-hybridized carbons (Fsp3) is 0.286. The number of hydrogen-bond acceptors (Lipinski definition) is 4. The van der Waals surface area contributed by atoms with Gasteiger partial charge in [0.25, 0.3) is 5.91 Å². The largest absolute Gasteiger partial charge is 0.452 e. The maximum absolute atomic E-state index is 13.3. The molecule has 1 heterocycles. The second-order valence-corrected chi connectivity index (χ2v) is 7.14. The van der Waals surface area contributed by atoms with E-state index < -0.39 is 29.3 Å². The van der Waals surface area contributed by atoms with Gasteiger partial charge in [0.2, 0.25) is 5.91 Å². The van der Waals surface area contributed by atoms with Crippen molar-refractivity contribution in [1.29, 1.82) is 0 Å². The molecule has 0 aromatic heterocycles. The second-order valence-electron chi connectivity index (χ2n) is 7.14. The van der Waals surface area contributed by atoms with Crippen LogP contribution in [0.5, 0.6) is 0 Å². The van der Waals surface area contributed by atoms with Gasteiger partial charge in [0.15, 0.2) is 6.10 Å². The third-order valence-electron chi connectivity index (χ3n) is 4.62. The molecule has 0 unspecified atom stereocenters. The molecule has 146 valence electrons. The van der Waals surface area contributed by atoms with Crippen molar-refractivity contribution in [3.8, 4) is 0 Å². The van der Waals surface area contributed by atoms with Crippen LogP contribution in [0.1, 0.15) is 26.3 Å². The lowest BCUT2D eigenvalue weighted by Crippen LogP contribution is -2.60. The molecule has 1 atom stereocenters. The molecule has 6 nitrogen and oxygen atoms in total. The molecule has 2 aromatic rings. The maximum atomic E-state index is 13.3. The van der Waals surface area contributed by atoms with Gasteiger partial charge in [-0.25, -0.2) is 4.39 Å².